The first-order valence-corrected chi connectivity index (χ1v) is 5.78. The molecule has 0 saturated heterocycles. The van der Waals surface area contributed by atoms with Crippen LogP contribution in [0.5, 0.6) is 0 Å². The van der Waals surface area contributed by atoms with E-state index in [0.717, 1.165) is 6.07 Å². The van der Waals surface area contributed by atoms with Crippen molar-refractivity contribution in [3.8, 4) is 0 Å². The van der Waals surface area contributed by atoms with Gasteiger partial charge in [0.1, 0.15) is 23.1 Å². The highest BCUT2D eigenvalue weighted by molar-refractivity contribution is 6.30. The zero-order chi connectivity index (χ0) is 14.9. The molecule has 0 aliphatic heterocycles. The third-order valence-electron chi connectivity index (χ3n) is 2.54. The molecule has 3 nitrogen and oxygen atoms in total. The molecule has 0 aliphatic carbocycles. The maximum Gasteiger partial charge on any atom is 0.258 e. The lowest BCUT2D eigenvalue weighted by molar-refractivity contribution is 0.102. The zero-order valence-corrected chi connectivity index (χ0v) is 10.6. The first kappa shape index (κ1) is 14.2. The predicted octanol–water partition coefficient (Wildman–Crippen LogP) is 3.59. The van der Waals surface area contributed by atoms with E-state index in [1.54, 1.807) is 0 Å². The average molecular weight is 301 g/mol. The molecule has 0 spiro atoms. The number of rotatable bonds is 2. The molecule has 20 heavy (non-hydrogen) atoms. The molecule has 3 N–H and O–H groups in total. The lowest BCUT2D eigenvalue weighted by Gasteiger charge is -2.10. The SMILES string of the molecule is Nc1cccc(F)c1NC(=O)c1cc(F)c(Cl)cc1F. The van der Waals surface area contributed by atoms with Gasteiger partial charge in [-0.15, -0.1) is 0 Å². The molecule has 1 amide bonds. The van der Waals surface area contributed by atoms with Crippen LogP contribution in [0.3, 0.4) is 0 Å². The number of carbonyl (C=O) groups is 1. The van der Waals surface area contributed by atoms with E-state index in [1.807, 2.05) is 0 Å². The van der Waals surface area contributed by atoms with Crippen LogP contribution in [-0.4, -0.2) is 5.91 Å². The molecular formula is C13H8ClF3N2O. The number of anilines is 2. The number of nitrogen functional groups attached to an aromatic ring is 1. The highest BCUT2D eigenvalue weighted by Crippen LogP contribution is 2.24. The molecule has 7 heteroatoms. The van der Waals surface area contributed by atoms with Gasteiger partial charge >= 0.3 is 0 Å². The molecule has 0 aromatic heterocycles. The van der Waals surface area contributed by atoms with Gasteiger partial charge in [-0.1, -0.05) is 17.7 Å². The smallest absolute Gasteiger partial charge is 0.258 e. The number of nitrogens with two attached hydrogens (primary N) is 1. The Morgan fingerprint density at radius 2 is 1.80 bits per heavy atom. The van der Waals surface area contributed by atoms with Crippen molar-refractivity contribution in [1.82, 2.24) is 0 Å². The van der Waals surface area contributed by atoms with Crippen LogP contribution in [-0.2, 0) is 0 Å². The van der Waals surface area contributed by atoms with E-state index < -0.39 is 33.9 Å². The molecule has 0 radical (unpaired) electrons. The molecule has 0 unspecified atom stereocenters. The zero-order valence-electron chi connectivity index (χ0n) is 9.88. The Hall–Kier alpha value is -2.21. The molecule has 2 rings (SSSR count). The summed E-state index contributed by atoms with van der Waals surface area (Å²) < 4.78 is 40.3. The number of para-hydroxylation sites is 1. The monoisotopic (exact) mass is 300 g/mol. The lowest BCUT2D eigenvalue weighted by Crippen LogP contribution is -2.16. The van der Waals surface area contributed by atoms with Crippen LogP contribution in [0.25, 0.3) is 0 Å². The molecule has 0 atom stereocenters. The van der Waals surface area contributed by atoms with Crippen molar-refractivity contribution >= 4 is 28.9 Å². The normalized spacial score (nSPS) is 10.4. The van der Waals surface area contributed by atoms with Crippen LogP contribution in [0.4, 0.5) is 24.5 Å². The van der Waals surface area contributed by atoms with Crippen molar-refractivity contribution in [3.05, 3.63) is 58.4 Å². The van der Waals surface area contributed by atoms with E-state index in [9.17, 15) is 18.0 Å². The summed E-state index contributed by atoms with van der Waals surface area (Å²) >= 11 is 5.37. The van der Waals surface area contributed by atoms with Crippen molar-refractivity contribution < 1.29 is 18.0 Å². The minimum absolute atomic E-state index is 0.0341. The standard InChI is InChI=1S/C13H8ClF3N2O/c14-7-5-9(16)6(4-10(7)17)13(20)19-12-8(15)2-1-3-11(12)18/h1-5H,18H2,(H,19,20). The van der Waals surface area contributed by atoms with Crippen molar-refractivity contribution in [1.29, 1.82) is 0 Å². The number of nitrogens with one attached hydrogen (secondary N) is 1. The highest BCUT2D eigenvalue weighted by atomic mass is 35.5. The largest absolute Gasteiger partial charge is 0.397 e. The van der Waals surface area contributed by atoms with Crippen LogP contribution in [0.15, 0.2) is 30.3 Å². The maximum absolute atomic E-state index is 13.5. The summed E-state index contributed by atoms with van der Waals surface area (Å²) in [7, 11) is 0. The van der Waals surface area contributed by atoms with Crippen molar-refractivity contribution in [3.63, 3.8) is 0 Å². The van der Waals surface area contributed by atoms with E-state index >= 15 is 0 Å². The van der Waals surface area contributed by atoms with Gasteiger partial charge in [0.2, 0.25) is 0 Å². The van der Waals surface area contributed by atoms with Gasteiger partial charge in [-0.25, -0.2) is 13.2 Å². The molecular weight excluding hydrogens is 293 g/mol. The Labute approximate surface area is 117 Å². The molecule has 2 aromatic carbocycles. The van der Waals surface area contributed by atoms with Gasteiger partial charge in [0, 0.05) is 0 Å². The summed E-state index contributed by atoms with van der Waals surface area (Å²) in [6.45, 7) is 0. The fourth-order valence-corrected chi connectivity index (χ4v) is 1.70. The Morgan fingerprint density at radius 3 is 2.45 bits per heavy atom. The van der Waals surface area contributed by atoms with Gasteiger partial charge in [0.05, 0.1) is 16.3 Å². The number of carbonyl (C=O) groups excluding carboxylic acids is 1. The van der Waals surface area contributed by atoms with Gasteiger partial charge in [0.15, 0.2) is 0 Å². The lowest BCUT2D eigenvalue weighted by atomic mass is 10.1. The summed E-state index contributed by atoms with van der Waals surface area (Å²) in [4.78, 5) is 11.8. The average Bonchev–Trinajstić information content (AvgIpc) is 2.38. The minimum Gasteiger partial charge on any atom is -0.397 e. The summed E-state index contributed by atoms with van der Waals surface area (Å²) in [5, 5.41) is 1.64. The Kier molecular flexibility index (Phi) is 3.85. The summed E-state index contributed by atoms with van der Waals surface area (Å²) in [6.07, 6.45) is 0. The molecule has 0 heterocycles. The quantitative estimate of drug-likeness (QED) is 0.658. The number of hydrogen-bond donors (Lipinski definition) is 2. The molecule has 0 aliphatic rings. The molecule has 104 valence electrons. The van der Waals surface area contributed by atoms with E-state index in [1.165, 1.54) is 12.1 Å². The Morgan fingerprint density at radius 1 is 1.10 bits per heavy atom. The van der Waals surface area contributed by atoms with Crippen LogP contribution in [0, 0.1) is 17.5 Å². The number of halogens is 4. The maximum atomic E-state index is 13.5. The van der Waals surface area contributed by atoms with Crippen molar-refractivity contribution in [2.24, 2.45) is 0 Å². The van der Waals surface area contributed by atoms with E-state index in [0.29, 0.717) is 12.1 Å². The Bertz CT molecular complexity index is 671. The number of amides is 1. The molecule has 0 fully saturated rings. The second-order valence-electron chi connectivity index (χ2n) is 3.90. The van der Waals surface area contributed by atoms with Crippen LogP contribution < -0.4 is 11.1 Å². The topological polar surface area (TPSA) is 55.1 Å². The van der Waals surface area contributed by atoms with Crippen molar-refractivity contribution in [2.75, 3.05) is 11.1 Å². The van der Waals surface area contributed by atoms with E-state index in [-0.39, 0.29) is 11.4 Å². The van der Waals surface area contributed by atoms with Gasteiger partial charge in [0.25, 0.3) is 5.91 Å². The second kappa shape index (κ2) is 5.42. The summed E-state index contributed by atoms with van der Waals surface area (Å²) in [6, 6.07) is 5.08. The van der Waals surface area contributed by atoms with Crippen LogP contribution in [0.1, 0.15) is 10.4 Å². The Balaban J connectivity index is 2.36. The fraction of sp³-hybridized carbons (Fsp3) is 0. The molecule has 0 bridgehead atoms. The van der Waals surface area contributed by atoms with Crippen LogP contribution in [0.2, 0.25) is 5.02 Å². The number of hydrogen-bond acceptors (Lipinski definition) is 2. The third kappa shape index (κ3) is 2.70. The molecule has 2 aromatic rings. The van der Waals surface area contributed by atoms with E-state index in [2.05, 4.69) is 5.32 Å². The number of benzene rings is 2. The van der Waals surface area contributed by atoms with Crippen LogP contribution >= 0.6 is 11.6 Å². The molecule has 0 saturated carbocycles. The fourth-order valence-electron chi connectivity index (χ4n) is 1.55. The van der Waals surface area contributed by atoms with Gasteiger partial charge in [-0.2, -0.15) is 0 Å². The highest BCUT2D eigenvalue weighted by Gasteiger charge is 2.17. The first-order valence-electron chi connectivity index (χ1n) is 5.40. The van der Waals surface area contributed by atoms with E-state index in [4.69, 9.17) is 17.3 Å². The predicted molar refractivity (Wildman–Crippen MR) is 70.1 cm³/mol. The first-order chi connectivity index (χ1) is 9.40. The van der Waals surface area contributed by atoms with Gasteiger partial charge < -0.3 is 11.1 Å². The summed E-state index contributed by atoms with van der Waals surface area (Å²) in [5.74, 6) is -3.80. The minimum atomic E-state index is -1.03. The van der Waals surface area contributed by atoms with Gasteiger partial charge in [-0.05, 0) is 24.3 Å². The van der Waals surface area contributed by atoms with Crippen molar-refractivity contribution in [2.45, 2.75) is 0 Å². The summed E-state index contributed by atoms with van der Waals surface area (Å²) in [5.41, 5.74) is 4.56. The van der Waals surface area contributed by atoms with Gasteiger partial charge in [-0.3, -0.25) is 4.79 Å². The second-order valence-corrected chi connectivity index (χ2v) is 4.31. The third-order valence-corrected chi connectivity index (χ3v) is 2.83.